The van der Waals surface area contributed by atoms with Crippen LogP contribution in [-0.4, -0.2) is 26.5 Å². The molecule has 20 heavy (non-hydrogen) atoms. The van der Waals surface area contributed by atoms with Crippen molar-refractivity contribution in [2.45, 2.75) is 56.5 Å². The van der Waals surface area contributed by atoms with Crippen molar-refractivity contribution in [3.05, 3.63) is 18.0 Å². The van der Waals surface area contributed by atoms with E-state index in [0.29, 0.717) is 17.4 Å². The van der Waals surface area contributed by atoms with E-state index in [9.17, 15) is 8.42 Å². The third-order valence-corrected chi connectivity index (χ3v) is 5.58. The summed E-state index contributed by atoms with van der Waals surface area (Å²) in [7, 11) is -1.56. The van der Waals surface area contributed by atoms with Crippen LogP contribution in [0.4, 0.5) is 0 Å². The second kappa shape index (κ2) is 6.74. The average Bonchev–Trinajstić information content (AvgIpc) is 2.88. The summed E-state index contributed by atoms with van der Waals surface area (Å²) >= 11 is 0. The lowest BCUT2D eigenvalue weighted by Crippen LogP contribution is -2.38. The van der Waals surface area contributed by atoms with E-state index in [1.807, 2.05) is 7.05 Å². The van der Waals surface area contributed by atoms with E-state index in [-0.39, 0.29) is 6.04 Å². The topological polar surface area (TPSA) is 74.0 Å². The highest BCUT2D eigenvalue weighted by Crippen LogP contribution is 2.27. The lowest BCUT2D eigenvalue weighted by Gasteiger charge is -2.28. The first-order valence-corrected chi connectivity index (χ1v) is 8.87. The van der Waals surface area contributed by atoms with Crippen LogP contribution in [0.25, 0.3) is 0 Å². The fourth-order valence-electron chi connectivity index (χ4n) is 2.92. The molecule has 1 saturated carbocycles. The molecule has 2 unspecified atom stereocenters. The Hall–Kier alpha value is -0.850. The highest BCUT2D eigenvalue weighted by atomic mass is 32.2. The number of hydrogen-bond donors (Lipinski definition) is 3. The number of H-pyrrole nitrogens is 1. The molecule has 1 fully saturated rings. The summed E-state index contributed by atoms with van der Waals surface area (Å²) in [4.78, 5) is 3.32. The van der Waals surface area contributed by atoms with E-state index >= 15 is 0 Å². The van der Waals surface area contributed by atoms with Crippen molar-refractivity contribution in [2.24, 2.45) is 5.92 Å². The highest BCUT2D eigenvalue weighted by Gasteiger charge is 2.26. The lowest BCUT2D eigenvalue weighted by atomic mass is 9.85. The predicted octanol–water partition coefficient (Wildman–Crippen LogP) is 1.98. The summed E-state index contributed by atoms with van der Waals surface area (Å²) < 4.78 is 27.6. The third-order valence-electron chi connectivity index (χ3n) is 4.08. The van der Waals surface area contributed by atoms with E-state index < -0.39 is 10.0 Å². The highest BCUT2D eigenvalue weighted by molar-refractivity contribution is 7.89. The van der Waals surface area contributed by atoms with Crippen LogP contribution in [0.15, 0.2) is 17.2 Å². The van der Waals surface area contributed by atoms with Gasteiger partial charge >= 0.3 is 0 Å². The van der Waals surface area contributed by atoms with E-state index in [1.165, 1.54) is 6.42 Å². The van der Waals surface area contributed by atoms with Gasteiger partial charge in [0, 0.05) is 24.5 Å². The van der Waals surface area contributed by atoms with Crippen LogP contribution in [0.5, 0.6) is 0 Å². The van der Waals surface area contributed by atoms with Crippen molar-refractivity contribution in [1.29, 1.82) is 0 Å². The van der Waals surface area contributed by atoms with E-state index in [0.717, 1.165) is 31.4 Å². The quantitative estimate of drug-likeness (QED) is 0.752. The Morgan fingerprint density at radius 1 is 1.40 bits per heavy atom. The van der Waals surface area contributed by atoms with Crippen molar-refractivity contribution >= 4 is 10.0 Å². The van der Waals surface area contributed by atoms with Gasteiger partial charge in [-0.15, -0.1) is 0 Å². The Labute approximate surface area is 121 Å². The van der Waals surface area contributed by atoms with E-state index in [1.54, 1.807) is 12.3 Å². The van der Waals surface area contributed by atoms with Gasteiger partial charge in [-0.3, -0.25) is 0 Å². The minimum absolute atomic E-state index is 0.0846. The van der Waals surface area contributed by atoms with Crippen molar-refractivity contribution in [1.82, 2.24) is 15.0 Å². The summed E-state index contributed by atoms with van der Waals surface area (Å²) in [6.45, 7) is 2.81. The molecule has 1 aromatic heterocycles. The molecule has 6 heteroatoms. The maximum Gasteiger partial charge on any atom is 0.242 e. The van der Waals surface area contributed by atoms with E-state index in [2.05, 4.69) is 21.9 Å². The molecule has 1 aliphatic carbocycles. The van der Waals surface area contributed by atoms with Crippen LogP contribution in [0.2, 0.25) is 0 Å². The number of hydrogen-bond acceptors (Lipinski definition) is 3. The summed E-state index contributed by atoms with van der Waals surface area (Å²) in [5, 5.41) is 3.00. The van der Waals surface area contributed by atoms with Crippen LogP contribution < -0.4 is 10.0 Å². The van der Waals surface area contributed by atoms with Gasteiger partial charge in [-0.25, -0.2) is 13.1 Å². The number of aromatic nitrogens is 1. The van der Waals surface area contributed by atoms with Gasteiger partial charge < -0.3 is 10.3 Å². The Balaban J connectivity index is 2.02. The van der Waals surface area contributed by atoms with Crippen LogP contribution in [0.3, 0.4) is 0 Å². The van der Waals surface area contributed by atoms with Crippen molar-refractivity contribution in [2.75, 3.05) is 7.05 Å². The molecular weight excluding hydrogens is 274 g/mol. The zero-order valence-electron chi connectivity index (χ0n) is 12.3. The van der Waals surface area contributed by atoms with E-state index in [4.69, 9.17) is 0 Å². The number of aromatic amines is 1. The molecule has 3 N–H and O–H groups in total. The second-order valence-electron chi connectivity index (χ2n) is 5.65. The zero-order chi connectivity index (χ0) is 14.6. The summed E-state index contributed by atoms with van der Waals surface area (Å²) in [5.74, 6) is 0.655. The van der Waals surface area contributed by atoms with Gasteiger partial charge in [-0.2, -0.15) is 0 Å². The Kier molecular flexibility index (Phi) is 5.23. The maximum atomic E-state index is 12.4. The average molecular weight is 299 g/mol. The molecule has 0 aliphatic heterocycles. The van der Waals surface area contributed by atoms with Gasteiger partial charge in [0.05, 0.1) is 4.90 Å². The SMILES string of the molecule is CCC1CCCC(NS(=O)(=O)c2c[nH]c(CNC)c2)C1. The Bertz CT molecular complexity index is 524. The third kappa shape index (κ3) is 3.84. The lowest BCUT2D eigenvalue weighted by molar-refractivity contribution is 0.301. The van der Waals surface area contributed by atoms with Crippen LogP contribution in [0.1, 0.15) is 44.7 Å². The van der Waals surface area contributed by atoms with Crippen LogP contribution >= 0.6 is 0 Å². The first-order valence-electron chi connectivity index (χ1n) is 7.39. The van der Waals surface area contributed by atoms with Crippen molar-refractivity contribution < 1.29 is 8.42 Å². The van der Waals surface area contributed by atoms with Crippen molar-refractivity contribution in [3.8, 4) is 0 Å². The molecule has 2 rings (SSSR count). The number of nitrogens with one attached hydrogen (secondary N) is 3. The molecule has 2 atom stereocenters. The van der Waals surface area contributed by atoms with Gasteiger partial charge in [-0.05, 0) is 31.9 Å². The standard InChI is InChI=1S/C14H25N3O2S/c1-3-11-5-4-6-12(7-11)17-20(18,19)14-8-13(9-15-2)16-10-14/h8,10-12,15-17H,3-7,9H2,1-2H3. The monoisotopic (exact) mass is 299 g/mol. The molecule has 0 aromatic carbocycles. The van der Waals surface area contributed by atoms with Crippen LogP contribution in [-0.2, 0) is 16.6 Å². The summed E-state index contributed by atoms with van der Waals surface area (Å²) in [5.41, 5.74) is 0.878. The maximum absolute atomic E-state index is 12.4. The van der Waals surface area contributed by atoms with Gasteiger partial charge in [-0.1, -0.05) is 26.2 Å². The molecule has 1 aliphatic rings. The van der Waals surface area contributed by atoms with Gasteiger partial charge in [0.25, 0.3) is 0 Å². The smallest absolute Gasteiger partial charge is 0.242 e. The Morgan fingerprint density at radius 3 is 2.90 bits per heavy atom. The Morgan fingerprint density at radius 2 is 2.20 bits per heavy atom. The second-order valence-corrected chi connectivity index (χ2v) is 7.36. The van der Waals surface area contributed by atoms with Crippen LogP contribution in [0, 0.1) is 5.92 Å². The van der Waals surface area contributed by atoms with Gasteiger partial charge in [0.15, 0.2) is 0 Å². The summed E-state index contributed by atoms with van der Waals surface area (Å²) in [6, 6.07) is 1.78. The minimum Gasteiger partial charge on any atom is -0.363 e. The first kappa shape index (κ1) is 15.5. The molecule has 114 valence electrons. The molecule has 1 heterocycles. The molecule has 0 amide bonds. The normalized spacial score (nSPS) is 23.9. The fourth-order valence-corrected chi connectivity index (χ4v) is 4.22. The molecular formula is C14H25N3O2S. The predicted molar refractivity (Wildman–Crippen MR) is 79.9 cm³/mol. The number of sulfonamides is 1. The number of rotatable bonds is 6. The molecule has 0 spiro atoms. The van der Waals surface area contributed by atoms with Gasteiger partial charge in [0.1, 0.15) is 0 Å². The molecule has 1 aromatic rings. The molecule has 0 saturated heterocycles. The van der Waals surface area contributed by atoms with Gasteiger partial charge in [0.2, 0.25) is 10.0 Å². The minimum atomic E-state index is -3.40. The summed E-state index contributed by atoms with van der Waals surface area (Å²) in [6.07, 6.45) is 6.95. The fraction of sp³-hybridized carbons (Fsp3) is 0.714. The molecule has 5 nitrogen and oxygen atoms in total. The largest absolute Gasteiger partial charge is 0.363 e. The zero-order valence-corrected chi connectivity index (χ0v) is 13.1. The molecule has 0 bridgehead atoms. The molecule has 0 radical (unpaired) electrons. The van der Waals surface area contributed by atoms with Crippen molar-refractivity contribution in [3.63, 3.8) is 0 Å². The first-order chi connectivity index (χ1) is 9.55.